The summed E-state index contributed by atoms with van der Waals surface area (Å²) in [7, 11) is 0. The quantitative estimate of drug-likeness (QED) is 0.455. The van der Waals surface area contributed by atoms with Crippen LogP contribution in [-0.4, -0.2) is 19.2 Å². The number of para-hydroxylation sites is 1. The Kier molecular flexibility index (Phi) is 4.82. The van der Waals surface area contributed by atoms with E-state index < -0.39 is 0 Å². The van der Waals surface area contributed by atoms with Crippen molar-refractivity contribution >= 4 is 5.97 Å². The van der Waals surface area contributed by atoms with E-state index in [0.29, 0.717) is 13.2 Å². The van der Waals surface area contributed by atoms with Gasteiger partial charge < -0.3 is 9.47 Å². The van der Waals surface area contributed by atoms with Gasteiger partial charge in [-0.1, -0.05) is 30.4 Å². The van der Waals surface area contributed by atoms with Gasteiger partial charge in [-0.05, 0) is 31.4 Å². The topological polar surface area (TPSA) is 35.5 Å². The maximum absolute atomic E-state index is 11.7. The minimum absolute atomic E-state index is 0.0340. The number of benzene rings is 1. The number of ether oxygens (including phenoxy) is 2. The number of allylic oxidation sites excluding steroid dienone is 2. The number of carbonyl (C=O) groups excluding carboxylic acids is 1. The van der Waals surface area contributed by atoms with Crippen molar-refractivity contribution in [3.63, 3.8) is 0 Å². The number of hydrogen-bond acceptors (Lipinski definition) is 3. The SMILES string of the molecule is O=C(OCCOc1ccccc1)C1CC=CCC1. The molecule has 0 fully saturated rings. The lowest BCUT2D eigenvalue weighted by Crippen LogP contribution is -2.21. The maximum atomic E-state index is 11.7. The van der Waals surface area contributed by atoms with E-state index in [9.17, 15) is 4.79 Å². The van der Waals surface area contributed by atoms with Gasteiger partial charge in [-0.3, -0.25) is 4.79 Å². The number of carbonyl (C=O) groups is 1. The predicted octanol–water partition coefficient (Wildman–Crippen LogP) is 2.96. The Morgan fingerprint density at radius 1 is 1.17 bits per heavy atom. The maximum Gasteiger partial charge on any atom is 0.309 e. The molecular weight excluding hydrogens is 228 g/mol. The molecule has 1 aromatic rings. The summed E-state index contributed by atoms with van der Waals surface area (Å²) in [5, 5.41) is 0. The Balaban J connectivity index is 1.63. The van der Waals surface area contributed by atoms with Gasteiger partial charge in [0.15, 0.2) is 0 Å². The lowest BCUT2D eigenvalue weighted by Gasteiger charge is -2.16. The standard InChI is InChI=1S/C15H18O3/c16-15(13-7-3-1-4-8-13)18-12-11-17-14-9-5-2-6-10-14/h1-3,5-6,9-10,13H,4,7-8,11-12H2. The van der Waals surface area contributed by atoms with Crippen LogP contribution in [0, 0.1) is 5.92 Å². The summed E-state index contributed by atoms with van der Waals surface area (Å²) in [4.78, 5) is 11.7. The molecule has 0 bridgehead atoms. The van der Waals surface area contributed by atoms with E-state index in [-0.39, 0.29) is 11.9 Å². The van der Waals surface area contributed by atoms with Crippen molar-refractivity contribution in [1.29, 1.82) is 0 Å². The van der Waals surface area contributed by atoms with E-state index in [1.807, 2.05) is 30.3 Å². The minimum atomic E-state index is -0.101. The highest BCUT2D eigenvalue weighted by Gasteiger charge is 2.19. The van der Waals surface area contributed by atoms with Crippen LogP contribution in [0.2, 0.25) is 0 Å². The Morgan fingerprint density at radius 2 is 2.00 bits per heavy atom. The summed E-state index contributed by atoms with van der Waals surface area (Å²) in [5.74, 6) is 0.733. The Bertz CT molecular complexity index is 397. The zero-order valence-corrected chi connectivity index (χ0v) is 10.4. The summed E-state index contributed by atoms with van der Waals surface area (Å²) in [6.07, 6.45) is 6.84. The molecular formula is C15H18O3. The van der Waals surface area contributed by atoms with Crippen LogP contribution in [0.25, 0.3) is 0 Å². The van der Waals surface area contributed by atoms with Crippen LogP contribution < -0.4 is 4.74 Å². The fourth-order valence-corrected chi connectivity index (χ4v) is 1.94. The highest BCUT2D eigenvalue weighted by Crippen LogP contribution is 2.19. The third-order valence-corrected chi connectivity index (χ3v) is 2.94. The van der Waals surface area contributed by atoms with Gasteiger partial charge >= 0.3 is 5.97 Å². The number of rotatable bonds is 5. The van der Waals surface area contributed by atoms with Crippen LogP contribution in [0.4, 0.5) is 0 Å². The van der Waals surface area contributed by atoms with Crippen LogP contribution in [0.1, 0.15) is 19.3 Å². The first kappa shape index (κ1) is 12.7. The fraction of sp³-hybridized carbons (Fsp3) is 0.400. The van der Waals surface area contributed by atoms with Gasteiger partial charge in [-0.25, -0.2) is 0 Å². The molecule has 0 radical (unpaired) electrons. The molecule has 1 aliphatic rings. The average Bonchev–Trinajstić information content (AvgIpc) is 2.45. The molecule has 0 aliphatic heterocycles. The first-order chi connectivity index (χ1) is 8.86. The van der Waals surface area contributed by atoms with Crippen LogP contribution >= 0.6 is 0 Å². The molecule has 1 atom stereocenters. The normalized spacial score (nSPS) is 18.3. The second kappa shape index (κ2) is 6.84. The molecule has 0 amide bonds. The molecule has 96 valence electrons. The van der Waals surface area contributed by atoms with Crippen molar-refractivity contribution in [3.8, 4) is 5.75 Å². The molecule has 0 saturated heterocycles. The first-order valence-electron chi connectivity index (χ1n) is 6.36. The van der Waals surface area contributed by atoms with Crippen molar-refractivity contribution in [1.82, 2.24) is 0 Å². The van der Waals surface area contributed by atoms with E-state index in [1.54, 1.807) is 0 Å². The summed E-state index contributed by atoms with van der Waals surface area (Å²) < 4.78 is 10.7. The molecule has 2 rings (SSSR count). The zero-order valence-electron chi connectivity index (χ0n) is 10.4. The van der Waals surface area contributed by atoms with Crippen molar-refractivity contribution < 1.29 is 14.3 Å². The van der Waals surface area contributed by atoms with Crippen molar-refractivity contribution in [2.45, 2.75) is 19.3 Å². The molecule has 1 unspecified atom stereocenters. The van der Waals surface area contributed by atoms with Gasteiger partial charge in [0.1, 0.15) is 19.0 Å². The predicted molar refractivity (Wildman–Crippen MR) is 69.4 cm³/mol. The third-order valence-electron chi connectivity index (χ3n) is 2.94. The van der Waals surface area contributed by atoms with Gasteiger partial charge in [0, 0.05) is 0 Å². The fourth-order valence-electron chi connectivity index (χ4n) is 1.94. The van der Waals surface area contributed by atoms with Gasteiger partial charge in [0.05, 0.1) is 5.92 Å². The van der Waals surface area contributed by atoms with E-state index in [2.05, 4.69) is 12.2 Å². The van der Waals surface area contributed by atoms with Crippen LogP contribution in [0.5, 0.6) is 5.75 Å². The van der Waals surface area contributed by atoms with E-state index in [4.69, 9.17) is 9.47 Å². The summed E-state index contributed by atoms with van der Waals surface area (Å²) in [6, 6.07) is 9.52. The molecule has 0 N–H and O–H groups in total. The zero-order chi connectivity index (χ0) is 12.6. The smallest absolute Gasteiger partial charge is 0.309 e. The molecule has 18 heavy (non-hydrogen) atoms. The lowest BCUT2D eigenvalue weighted by molar-refractivity contribution is -0.149. The van der Waals surface area contributed by atoms with Gasteiger partial charge in [0.25, 0.3) is 0 Å². The van der Waals surface area contributed by atoms with Gasteiger partial charge in [0.2, 0.25) is 0 Å². The second-order valence-corrected chi connectivity index (χ2v) is 4.31. The van der Waals surface area contributed by atoms with E-state index in [0.717, 1.165) is 25.0 Å². The summed E-state index contributed by atoms with van der Waals surface area (Å²) >= 11 is 0. The molecule has 1 aliphatic carbocycles. The summed E-state index contributed by atoms with van der Waals surface area (Å²) in [5.41, 5.74) is 0. The van der Waals surface area contributed by atoms with E-state index in [1.165, 1.54) is 0 Å². The van der Waals surface area contributed by atoms with Crippen molar-refractivity contribution in [2.24, 2.45) is 5.92 Å². The average molecular weight is 246 g/mol. The third kappa shape index (κ3) is 3.91. The van der Waals surface area contributed by atoms with Crippen molar-refractivity contribution in [2.75, 3.05) is 13.2 Å². The van der Waals surface area contributed by atoms with Crippen LogP contribution in [0.3, 0.4) is 0 Å². The molecule has 0 saturated carbocycles. The summed E-state index contributed by atoms with van der Waals surface area (Å²) in [6.45, 7) is 0.715. The van der Waals surface area contributed by atoms with Gasteiger partial charge in [-0.2, -0.15) is 0 Å². The van der Waals surface area contributed by atoms with Crippen molar-refractivity contribution in [3.05, 3.63) is 42.5 Å². The van der Waals surface area contributed by atoms with Crippen LogP contribution in [-0.2, 0) is 9.53 Å². The Morgan fingerprint density at radius 3 is 2.72 bits per heavy atom. The first-order valence-corrected chi connectivity index (χ1v) is 6.36. The molecule has 3 nitrogen and oxygen atoms in total. The molecule has 0 heterocycles. The van der Waals surface area contributed by atoms with Gasteiger partial charge in [-0.15, -0.1) is 0 Å². The number of esters is 1. The Hall–Kier alpha value is -1.77. The monoisotopic (exact) mass is 246 g/mol. The number of hydrogen-bond donors (Lipinski definition) is 0. The molecule has 0 aromatic heterocycles. The molecule has 3 heteroatoms. The second-order valence-electron chi connectivity index (χ2n) is 4.31. The van der Waals surface area contributed by atoms with E-state index >= 15 is 0 Å². The lowest BCUT2D eigenvalue weighted by atomic mass is 9.95. The highest BCUT2D eigenvalue weighted by molar-refractivity contribution is 5.72. The minimum Gasteiger partial charge on any atom is -0.490 e. The highest BCUT2D eigenvalue weighted by atomic mass is 16.6. The molecule has 0 spiro atoms. The molecule has 1 aromatic carbocycles. The Labute approximate surface area is 107 Å². The largest absolute Gasteiger partial charge is 0.490 e. The van der Waals surface area contributed by atoms with Crippen LogP contribution in [0.15, 0.2) is 42.5 Å².